The first-order chi connectivity index (χ1) is 6.63. The predicted molar refractivity (Wildman–Crippen MR) is 55.4 cm³/mol. The van der Waals surface area contributed by atoms with Crippen LogP contribution in [0.15, 0.2) is 11.3 Å². The Balaban J connectivity index is 2.38. The quantitative estimate of drug-likeness (QED) is 0.510. The SMILES string of the molecule is COC12SCCCN1C(=O)/C2=C(\C)N. The van der Waals surface area contributed by atoms with E-state index in [1.165, 1.54) is 0 Å². The minimum atomic E-state index is -0.575. The fourth-order valence-corrected chi connectivity index (χ4v) is 3.40. The van der Waals surface area contributed by atoms with Crippen molar-refractivity contribution in [2.45, 2.75) is 18.4 Å². The Labute approximate surface area is 87.5 Å². The van der Waals surface area contributed by atoms with Crippen molar-refractivity contribution in [3.8, 4) is 0 Å². The van der Waals surface area contributed by atoms with Gasteiger partial charge in [-0.3, -0.25) is 9.69 Å². The van der Waals surface area contributed by atoms with E-state index >= 15 is 0 Å². The van der Waals surface area contributed by atoms with Crippen molar-refractivity contribution in [3.05, 3.63) is 11.3 Å². The number of methoxy groups -OCH3 is 1. The average Bonchev–Trinajstić information content (AvgIpc) is 2.15. The summed E-state index contributed by atoms with van der Waals surface area (Å²) < 4.78 is 5.45. The smallest absolute Gasteiger partial charge is 0.260 e. The molecule has 5 heteroatoms. The molecule has 1 atom stereocenters. The van der Waals surface area contributed by atoms with Crippen LogP contribution in [0.3, 0.4) is 0 Å². The van der Waals surface area contributed by atoms with Gasteiger partial charge in [-0.15, -0.1) is 0 Å². The lowest BCUT2D eigenvalue weighted by molar-refractivity contribution is -0.160. The van der Waals surface area contributed by atoms with E-state index in [-0.39, 0.29) is 5.91 Å². The molecule has 2 aliphatic heterocycles. The third kappa shape index (κ3) is 1.02. The fraction of sp³-hybridized carbons (Fsp3) is 0.667. The number of amides is 1. The second-order valence-corrected chi connectivity index (χ2v) is 4.75. The Bertz CT molecular complexity index is 312. The monoisotopic (exact) mass is 214 g/mol. The van der Waals surface area contributed by atoms with Crippen LogP contribution in [0.4, 0.5) is 0 Å². The van der Waals surface area contributed by atoms with Gasteiger partial charge < -0.3 is 10.5 Å². The molecule has 1 unspecified atom stereocenters. The van der Waals surface area contributed by atoms with Gasteiger partial charge in [-0.2, -0.15) is 0 Å². The lowest BCUT2D eigenvalue weighted by atomic mass is 10.00. The molecule has 0 aromatic rings. The number of carbonyl (C=O) groups is 1. The Hall–Kier alpha value is -0.680. The molecule has 2 saturated heterocycles. The summed E-state index contributed by atoms with van der Waals surface area (Å²) in [6, 6.07) is 0. The second kappa shape index (κ2) is 3.17. The van der Waals surface area contributed by atoms with Crippen molar-refractivity contribution < 1.29 is 9.53 Å². The maximum atomic E-state index is 11.7. The van der Waals surface area contributed by atoms with Crippen molar-refractivity contribution in [2.75, 3.05) is 19.4 Å². The van der Waals surface area contributed by atoms with E-state index in [0.29, 0.717) is 11.3 Å². The molecule has 2 N–H and O–H groups in total. The molecule has 2 fully saturated rings. The fourth-order valence-electron chi connectivity index (χ4n) is 2.01. The van der Waals surface area contributed by atoms with Gasteiger partial charge in [0, 0.05) is 19.4 Å². The summed E-state index contributed by atoms with van der Waals surface area (Å²) in [4.78, 5) is 13.5. The van der Waals surface area contributed by atoms with Gasteiger partial charge in [-0.1, -0.05) is 11.8 Å². The molecule has 2 aliphatic rings. The van der Waals surface area contributed by atoms with Crippen molar-refractivity contribution in [1.82, 2.24) is 4.90 Å². The van der Waals surface area contributed by atoms with Gasteiger partial charge in [-0.05, 0) is 19.1 Å². The average molecular weight is 214 g/mol. The second-order valence-electron chi connectivity index (χ2n) is 3.50. The van der Waals surface area contributed by atoms with Crippen molar-refractivity contribution >= 4 is 17.7 Å². The van der Waals surface area contributed by atoms with Crippen LogP contribution in [0.25, 0.3) is 0 Å². The highest BCUT2D eigenvalue weighted by Crippen LogP contribution is 2.50. The largest absolute Gasteiger partial charge is 0.402 e. The zero-order valence-electron chi connectivity index (χ0n) is 8.37. The molecule has 2 heterocycles. The van der Waals surface area contributed by atoms with E-state index in [9.17, 15) is 4.79 Å². The number of hydrogen-bond donors (Lipinski definition) is 1. The lowest BCUT2D eigenvalue weighted by Crippen LogP contribution is -2.67. The number of rotatable bonds is 1. The molecule has 2 rings (SSSR count). The number of allylic oxidation sites excluding steroid dienone is 1. The summed E-state index contributed by atoms with van der Waals surface area (Å²) in [6.45, 7) is 2.52. The van der Waals surface area contributed by atoms with Crippen molar-refractivity contribution in [1.29, 1.82) is 0 Å². The zero-order chi connectivity index (χ0) is 10.3. The molecule has 0 spiro atoms. The Morgan fingerprint density at radius 3 is 3.00 bits per heavy atom. The standard InChI is InChI=1S/C9H14N2O2S/c1-6(10)7-8(12)11-4-3-5-14-9(7,11)13-2/h3-5,10H2,1-2H3/b7-6-. The normalized spacial score (nSPS) is 35.0. The molecule has 4 nitrogen and oxygen atoms in total. The van der Waals surface area contributed by atoms with Gasteiger partial charge in [0.1, 0.15) is 0 Å². The molecule has 0 aromatic carbocycles. The highest BCUT2D eigenvalue weighted by molar-refractivity contribution is 8.00. The summed E-state index contributed by atoms with van der Waals surface area (Å²) in [5.41, 5.74) is 6.90. The maximum absolute atomic E-state index is 11.7. The first-order valence-corrected chi connectivity index (χ1v) is 5.60. The van der Waals surface area contributed by atoms with E-state index in [1.807, 2.05) is 0 Å². The minimum absolute atomic E-state index is 0.0269. The molecule has 0 saturated carbocycles. The predicted octanol–water partition coefficient (Wildman–Crippen LogP) is 0.498. The molecule has 0 aromatic heterocycles. The Morgan fingerprint density at radius 2 is 2.43 bits per heavy atom. The van der Waals surface area contributed by atoms with Crippen molar-refractivity contribution in [2.24, 2.45) is 5.73 Å². The minimum Gasteiger partial charge on any atom is -0.402 e. The molecule has 78 valence electrons. The van der Waals surface area contributed by atoms with Gasteiger partial charge in [0.05, 0.1) is 5.57 Å². The molecular weight excluding hydrogens is 200 g/mol. The summed E-state index contributed by atoms with van der Waals surface area (Å²) in [6.07, 6.45) is 1.03. The van der Waals surface area contributed by atoms with Gasteiger partial charge in [0.2, 0.25) is 5.06 Å². The van der Waals surface area contributed by atoms with Crippen LogP contribution < -0.4 is 5.73 Å². The Morgan fingerprint density at radius 1 is 1.71 bits per heavy atom. The number of ether oxygens (including phenoxy) is 1. The van der Waals surface area contributed by atoms with E-state index < -0.39 is 5.06 Å². The van der Waals surface area contributed by atoms with Crippen LogP contribution in [-0.4, -0.2) is 35.3 Å². The first-order valence-electron chi connectivity index (χ1n) is 4.61. The van der Waals surface area contributed by atoms with E-state index in [4.69, 9.17) is 10.5 Å². The number of nitrogens with two attached hydrogens (primary N) is 1. The summed E-state index contributed by atoms with van der Waals surface area (Å²) >= 11 is 1.65. The number of carbonyl (C=O) groups excluding carboxylic acids is 1. The van der Waals surface area contributed by atoms with Crippen LogP contribution in [-0.2, 0) is 9.53 Å². The highest BCUT2D eigenvalue weighted by Gasteiger charge is 2.59. The van der Waals surface area contributed by atoms with E-state index in [0.717, 1.165) is 18.7 Å². The van der Waals surface area contributed by atoms with Crippen LogP contribution >= 0.6 is 11.8 Å². The number of nitrogens with zero attached hydrogens (tertiary/aromatic N) is 1. The van der Waals surface area contributed by atoms with Gasteiger partial charge in [-0.25, -0.2) is 0 Å². The van der Waals surface area contributed by atoms with Crippen LogP contribution in [0, 0.1) is 0 Å². The van der Waals surface area contributed by atoms with Crippen LogP contribution in [0.2, 0.25) is 0 Å². The molecule has 0 bridgehead atoms. The number of fused-ring (bicyclic) bond motifs is 1. The summed E-state index contributed by atoms with van der Waals surface area (Å²) in [5.74, 6) is 1.04. The van der Waals surface area contributed by atoms with Crippen LogP contribution in [0.1, 0.15) is 13.3 Å². The first kappa shape index (κ1) is 9.86. The third-order valence-corrected chi connectivity index (χ3v) is 4.10. The summed E-state index contributed by atoms with van der Waals surface area (Å²) in [5, 5.41) is -0.575. The zero-order valence-corrected chi connectivity index (χ0v) is 9.19. The lowest BCUT2D eigenvalue weighted by Gasteiger charge is -2.54. The number of β-lactam (4-membered cyclic amide) rings is 1. The summed E-state index contributed by atoms with van der Waals surface area (Å²) in [7, 11) is 1.63. The molecular formula is C9H14N2O2S. The third-order valence-electron chi connectivity index (χ3n) is 2.63. The molecule has 1 amide bonds. The van der Waals surface area contributed by atoms with Gasteiger partial charge >= 0.3 is 0 Å². The maximum Gasteiger partial charge on any atom is 0.260 e. The number of hydrogen-bond acceptors (Lipinski definition) is 4. The van der Waals surface area contributed by atoms with Crippen molar-refractivity contribution in [3.63, 3.8) is 0 Å². The molecule has 0 radical (unpaired) electrons. The van der Waals surface area contributed by atoms with Crippen LogP contribution in [0.5, 0.6) is 0 Å². The van der Waals surface area contributed by atoms with Gasteiger partial charge in [0.25, 0.3) is 5.91 Å². The molecule has 0 aliphatic carbocycles. The molecule has 14 heavy (non-hydrogen) atoms. The Kier molecular flexibility index (Phi) is 2.23. The number of thioether (sulfide) groups is 1. The van der Waals surface area contributed by atoms with E-state index in [2.05, 4.69) is 0 Å². The van der Waals surface area contributed by atoms with E-state index in [1.54, 1.807) is 30.7 Å². The highest BCUT2D eigenvalue weighted by atomic mass is 32.2. The van der Waals surface area contributed by atoms with Gasteiger partial charge in [0.15, 0.2) is 0 Å². The topological polar surface area (TPSA) is 55.6 Å².